The molecule has 8 nitrogen and oxygen atoms in total. The molecule has 0 fully saturated rings. The summed E-state index contributed by atoms with van der Waals surface area (Å²) < 4.78 is 44.1. The third-order valence-corrected chi connectivity index (χ3v) is 2.99. The van der Waals surface area contributed by atoms with Gasteiger partial charge in [0, 0.05) is 20.2 Å². The Morgan fingerprint density at radius 3 is 2.81 bits per heavy atom. The van der Waals surface area contributed by atoms with Gasteiger partial charge in [-0.25, -0.2) is 10.8 Å². The van der Waals surface area contributed by atoms with Gasteiger partial charge in [0.1, 0.15) is 0 Å². The third-order valence-electron chi connectivity index (χ3n) is 2.99. The van der Waals surface area contributed by atoms with Gasteiger partial charge in [-0.2, -0.15) is 13.2 Å². The number of nitrogens with zero attached hydrogens (tertiary/aromatic N) is 5. The van der Waals surface area contributed by atoms with E-state index in [1.807, 2.05) is 0 Å². The highest BCUT2D eigenvalue weighted by atomic mass is 19.4. The van der Waals surface area contributed by atoms with Crippen molar-refractivity contribution in [2.75, 3.05) is 26.8 Å². The molecule has 0 spiro atoms. The van der Waals surface area contributed by atoms with E-state index in [9.17, 15) is 13.2 Å². The molecule has 0 amide bonds. The average molecular weight is 307 g/mol. The highest BCUT2D eigenvalue weighted by Gasteiger charge is 2.39. The van der Waals surface area contributed by atoms with E-state index in [1.54, 1.807) is 12.0 Å². The first-order chi connectivity index (χ1) is 9.97. The van der Waals surface area contributed by atoms with Crippen LogP contribution in [-0.2, 0) is 24.0 Å². The fourth-order valence-corrected chi connectivity index (χ4v) is 2.03. The van der Waals surface area contributed by atoms with E-state index in [1.165, 1.54) is 0 Å². The van der Waals surface area contributed by atoms with Crippen molar-refractivity contribution in [3.63, 3.8) is 0 Å². The molecule has 11 heteroatoms. The van der Waals surface area contributed by atoms with Crippen molar-refractivity contribution in [1.29, 1.82) is 0 Å². The van der Waals surface area contributed by atoms with E-state index in [2.05, 4.69) is 20.6 Å². The van der Waals surface area contributed by atoms with E-state index in [0.717, 1.165) is 4.57 Å². The van der Waals surface area contributed by atoms with Crippen LogP contribution in [0.5, 0.6) is 0 Å². The molecule has 118 valence electrons. The number of halogens is 3. The first kappa shape index (κ1) is 15.5. The van der Waals surface area contributed by atoms with Crippen LogP contribution in [0, 0.1) is 0 Å². The second-order valence-electron chi connectivity index (χ2n) is 4.35. The number of hydrogen-bond acceptors (Lipinski definition) is 5. The Labute approximate surface area is 118 Å². The Kier molecular flexibility index (Phi) is 4.63. The lowest BCUT2D eigenvalue weighted by Gasteiger charge is -2.30. The third kappa shape index (κ3) is 3.42. The summed E-state index contributed by atoms with van der Waals surface area (Å²) >= 11 is 0. The molecular formula is C10H16F3N7O. The van der Waals surface area contributed by atoms with Gasteiger partial charge >= 0.3 is 6.18 Å². The van der Waals surface area contributed by atoms with Crippen molar-refractivity contribution in [2.45, 2.75) is 19.3 Å². The fourth-order valence-electron chi connectivity index (χ4n) is 2.03. The zero-order valence-corrected chi connectivity index (χ0v) is 11.4. The second kappa shape index (κ2) is 6.26. The Morgan fingerprint density at radius 1 is 1.43 bits per heavy atom. The van der Waals surface area contributed by atoms with Crippen molar-refractivity contribution in [3.8, 4) is 0 Å². The smallest absolute Gasteiger partial charge is 0.383 e. The summed E-state index contributed by atoms with van der Waals surface area (Å²) in [4.78, 5) is 5.89. The standard InChI is InChI=1S/C10H16F3N7O/c1-21-5-2-15-9(16-14)19-3-4-20-7(6-19)17-18-8(20)10(11,12)13/h2-6,14H2,1H3,(H,15,16). The summed E-state index contributed by atoms with van der Waals surface area (Å²) in [5.74, 6) is 5.03. The number of alkyl halides is 3. The molecule has 0 aromatic carbocycles. The number of aromatic nitrogens is 3. The number of guanidine groups is 1. The summed E-state index contributed by atoms with van der Waals surface area (Å²) in [5, 5.41) is 6.80. The van der Waals surface area contributed by atoms with Crippen molar-refractivity contribution >= 4 is 5.96 Å². The molecular weight excluding hydrogens is 291 g/mol. The maximum Gasteiger partial charge on any atom is 0.451 e. The van der Waals surface area contributed by atoms with Gasteiger partial charge in [-0.15, -0.1) is 10.2 Å². The molecule has 0 bridgehead atoms. The monoisotopic (exact) mass is 307 g/mol. The molecule has 1 aliphatic heterocycles. The fraction of sp³-hybridized carbons (Fsp3) is 0.700. The Hall–Kier alpha value is -1.88. The minimum absolute atomic E-state index is 0.113. The number of aliphatic imine (C=N–C) groups is 1. The molecule has 2 rings (SSSR count). The average Bonchev–Trinajstić information content (AvgIpc) is 2.86. The van der Waals surface area contributed by atoms with Crippen molar-refractivity contribution < 1.29 is 17.9 Å². The van der Waals surface area contributed by atoms with Crippen molar-refractivity contribution in [3.05, 3.63) is 11.6 Å². The zero-order valence-electron chi connectivity index (χ0n) is 11.4. The van der Waals surface area contributed by atoms with E-state index < -0.39 is 12.0 Å². The van der Waals surface area contributed by atoms with Gasteiger partial charge in [0.05, 0.1) is 19.7 Å². The topological polar surface area (TPSA) is 93.6 Å². The predicted molar refractivity (Wildman–Crippen MR) is 66.9 cm³/mol. The molecule has 1 aromatic rings. The number of nitrogens with one attached hydrogen (secondary N) is 1. The summed E-state index contributed by atoms with van der Waals surface area (Å²) in [7, 11) is 1.55. The van der Waals surface area contributed by atoms with Gasteiger partial charge in [-0.05, 0) is 0 Å². The maximum absolute atomic E-state index is 12.7. The molecule has 0 aliphatic carbocycles. The van der Waals surface area contributed by atoms with Gasteiger partial charge in [-0.3, -0.25) is 5.43 Å². The van der Waals surface area contributed by atoms with Gasteiger partial charge in [0.2, 0.25) is 11.8 Å². The lowest BCUT2D eigenvalue weighted by molar-refractivity contribution is -0.147. The number of fused-ring (bicyclic) bond motifs is 1. The maximum atomic E-state index is 12.7. The van der Waals surface area contributed by atoms with Crippen molar-refractivity contribution in [1.82, 2.24) is 25.1 Å². The molecule has 0 saturated carbocycles. The molecule has 21 heavy (non-hydrogen) atoms. The van der Waals surface area contributed by atoms with E-state index in [-0.39, 0.29) is 18.9 Å². The molecule has 2 heterocycles. The molecule has 0 saturated heterocycles. The summed E-state index contributed by atoms with van der Waals surface area (Å²) in [6, 6.07) is 0. The number of nitrogens with two attached hydrogens (primary N) is 1. The lowest BCUT2D eigenvalue weighted by Crippen LogP contribution is -2.48. The van der Waals surface area contributed by atoms with Crippen LogP contribution in [0.3, 0.4) is 0 Å². The molecule has 0 atom stereocenters. The largest absolute Gasteiger partial charge is 0.451 e. The molecule has 1 aromatic heterocycles. The van der Waals surface area contributed by atoms with E-state index in [4.69, 9.17) is 10.6 Å². The first-order valence-electron chi connectivity index (χ1n) is 6.21. The molecule has 3 N–H and O–H groups in total. The van der Waals surface area contributed by atoms with Crippen LogP contribution in [0.1, 0.15) is 11.6 Å². The normalized spacial score (nSPS) is 16.0. The van der Waals surface area contributed by atoms with Crippen LogP contribution in [0.4, 0.5) is 13.2 Å². The van der Waals surface area contributed by atoms with Gasteiger partial charge in [0.15, 0.2) is 5.82 Å². The minimum atomic E-state index is -4.51. The van der Waals surface area contributed by atoms with E-state index >= 15 is 0 Å². The van der Waals surface area contributed by atoms with Crippen LogP contribution < -0.4 is 11.3 Å². The SMILES string of the molecule is COCCN=C(NN)N1CCn2c(nnc2C(F)(F)F)C1. The number of hydrazine groups is 1. The van der Waals surface area contributed by atoms with Crippen molar-refractivity contribution in [2.24, 2.45) is 10.8 Å². The highest BCUT2D eigenvalue weighted by Crippen LogP contribution is 2.29. The number of rotatable bonds is 3. The molecule has 0 unspecified atom stereocenters. The predicted octanol–water partition coefficient (Wildman–Crippen LogP) is -0.422. The molecule has 0 radical (unpaired) electrons. The summed E-state index contributed by atoms with van der Waals surface area (Å²) in [6.07, 6.45) is -4.51. The van der Waals surface area contributed by atoms with E-state index in [0.29, 0.717) is 25.7 Å². The Morgan fingerprint density at radius 2 is 2.19 bits per heavy atom. The minimum Gasteiger partial charge on any atom is -0.383 e. The Balaban J connectivity index is 2.12. The molecule has 1 aliphatic rings. The van der Waals surface area contributed by atoms with Crippen LogP contribution >= 0.6 is 0 Å². The number of ether oxygens (including phenoxy) is 1. The highest BCUT2D eigenvalue weighted by molar-refractivity contribution is 5.79. The Bertz CT molecular complexity index is 513. The van der Waals surface area contributed by atoms with Gasteiger partial charge in [0.25, 0.3) is 0 Å². The lowest BCUT2D eigenvalue weighted by atomic mass is 10.3. The second-order valence-corrected chi connectivity index (χ2v) is 4.35. The van der Waals surface area contributed by atoms with Crippen LogP contribution in [0.25, 0.3) is 0 Å². The van der Waals surface area contributed by atoms with Crippen LogP contribution in [0.2, 0.25) is 0 Å². The zero-order chi connectivity index (χ0) is 15.5. The summed E-state index contributed by atoms with van der Waals surface area (Å²) in [6.45, 7) is 1.41. The van der Waals surface area contributed by atoms with Crippen LogP contribution in [0.15, 0.2) is 4.99 Å². The summed E-state index contributed by atoms with van der Waals surface area (Å²) in [5.41, 5.74) is 2.44. The number of hydrogen-bond donors (Lipinski definition) is 2. The first-order valence-corrected chi connectivity index (χ1v) is 6.21. The van der Waals surface area contributed by atoms with Gasteiger partial charge in [-0.1, -0.05) is 0 Å². The quantitative estimate of drug-likeness (QED) is 0.259. The van der Waals surface area contributed by atoms with Crippen LogP contribution in [-0.4, -0.2) is 52.4 Å². The van der Waals surface area contributed by atoms with Gasteiger partial charge < -0.3 is 14.2 Å². The number of methoxy groups -OCH3 is 1.